The highest BCUT2D eigenvalue weighted by Gasteiger charge is 2.23. The Morgan fingerprint density at radius 1 is 1.00 bits per heavy atom. The van der Waals surface area contributed by atoms with Crippen LogP contribution in [0.3, 0.4) is 0 Å². The molecule has 6 heteroatoms. The standard InChI is InChI=1S/C15H27N3O2S/c1-2-3-4-5-8-11-15(14-17)21(19,20)18-13-10-7-6-9-12-16/h15,18H,2-11,13H2,1H3. The Labute approximate surface area is 129 Å². The molecule has 1 atom stereocenters. The van der Waals surface area contributed by atoms with Gasteiger partial charge in [-0.1, -0.05) is 45.4 Å². The van der Waals surface area contributed by atoms with Crippen molar-refractivity contribution in [3.8, 4) is 12.1 Å². The lowest BCUT2D eigenvalue weighted by atomic mass is 10.1. The second-order valence-corrected chi connectivity index (χ2v) is 7.18. The maximum atomic E-state index is 12.0. The third kappa shape index (κ3) is 10.3. The first kappa shape index (κ1) is 19.9. The summed E-state index contributed by atoms with van der Waals surface area (Å²) in [6.07, 6.45) is 8.39. The smallest absolute Gasteiger partial charge is 0.214 e. The van der Waals surface area contributed by atoms with Gasteiger partial charge in [0.2, 0.25) is 10.0 Å². The molecule has 0 radical (unpaired) electrons. The molecular formula is C15H27N3O2S. The Kier molecular flexibility index (Phi) is 12.0. The van der Waals surface area contributed by atoms with E-state index in [-0.39, 0.29) is 0 Å². The van der Waals surface area contributed by atoms with Crippen LogP contribution < -0.4 is 4.72 Å². The lowest BCUT2D eigenvalue weighted by Gasteiger charge is -2.11. The number of hydrogen-bond donors (Lipinski definition) is 1. The summed E-state index contributed by atoms with van der Waals surface area (Å²) in [7, 11) is -3.53. The summed E-state index contributed by atoms with van der Waals surface area (Å²) in [6.45, 7) is 2.48. The van der Waals surface area contributed by atoms with E-state index in [1.165, 1.54) is 0 Å². The van der Waals surface area contributed by atoms with Gasteiger partial charge in [-0.2, -0.15) is 10.5 Å². The van der Waals surface area contributed by atoms with Gasteiger partial charge in [0, 0.05) is 13.0 Å². The molecule has 0 aromatic carbocycles. The molecule has 0 aliphatic carbocycles. The van der Waals surface area contributed by atoms with Crippen molar-refractivity contribution in [3.63, 3.8) is 0 Å². The molecule has 1 unspecified atom stereocenters. The first-order valence-electron chi connectivity index (χ1n) is 7.83. The monoisotopic (exact) mass is 313 g/mol. The van der Waals surface area contributed by atoms with Crippen LogP contribution in [0.1, 0.15) is 71.1 Å². The Morgan fingerprint density at radius 3 is 2.29 bits per heavy atom. The summed E-state index contributed by atoms with van der Waals surface area (Å²) in [5, 5.41) is 16.5. The molecule has 0 aromatic heterocycles. The van der Waals surface area contributed by atoms with Gasteiger partial charge < -0.3 is 0 Å². The molecule has 0 aliphatic rings. The topological polar surface area (TPSA) is 93.8 Å². The van der Waals surface area contributed by atoms with E-state index in [2.05, 4.69) is 17.7 Å². The zero-order chi connectivity index (χ0) is 16.0. The van der Waals surface area contributed by atoms with Crippen molar-refractivity contribution in [3.05, 3.63) is 0 Å². The van der Waals surface area contributed by atoms with E-state index in [4.69, 9.17) is 10.5 Å². The van der Waals surface area contributed by atoms with Gasteiger partial charge in [0.1, 0.15) is 0 Å². The molecule has 5 nitrogen and oxygen atoms in total. The Bertz CT molecular complexity index is 435. The van der Waals surface area contributed by atoms with Crippen LogP contribution in [0.25, 0.3) is 0 Å². The third-order valence-electron chi connectivity index (χ3n) is 3.36. The molecule has 0 rings (SSSR count). The fourth-order valence-corrected chi connectivity index (χ4v) is 3.29. The van der Waals surface area contributed by atoms with Crippen molar-refractivity contribution >= 4 is 10.0 Å². The number of unbranched alkanes of at least 4 members (excludes halogenated alkanes) is 7. The minimum absolute atomic E-state index is 0.349. The summed E-state index contributed by atoms with van der Waals surface area (Å²) in [6, 6.07) is 3.96. The normalized spacial score (nSPS) is 12.5. The van der Waals surface area contributed by atoms with Crippen molar-refractivity contribution in [1.29, 1.82) is 10.5 Å². The van der Waals surface area contributed by atoms with Gasteiger partial charge in [-0.15, -0.1) is 0 Å². The second-order valence-electron chi connectivity index (χ2n) is 5.23. The van der Waals surface area contributed by atoms with E-state index < -0.39 is 15.3 Å². The van der Waals surface area contributed by atoms with Gasteiger partial charge in [0.15, 0.2) is 5.25 Å². The molecule has 0 bridgehead atoms. The molecule has 0 spiro atoms. The number of nitrogens with zero attached hydrogens (tertiary/aromatic N) is 2. The van der Waals surface area contributed by atoms with Crippen LogP contribution in [-0.4, -0.2) is 20.2 Å². The van der Waals surface area contributed by atoms with Crippen molar-refractivity contribution in [2.24, 2.45) is 0 Å². The summed E-state index contributed by atoms with van der Waals surface area (Å²) in [4.78, 5) is 0. The molecule has 1 N–H and O–H groups in total. The molecule has 0 saturated heterocycles. The van der Waals surface area contributed by atoms with Crippen LogP contribution in [0.15, 0.2) is 0 Å². The number of hydrogen-bond acceptors (Lipinski definition) is 4. The average Bonchev–Trinajstić information content (AvgIpc) is 2.46. The largest absolute Gasteiger partial charge is 0.227 e. The molecule has 0 amide bonds. The second kappa shape index (κ2) is 12.6. The van der Waals surface area contributed by atoms with Crippen molar-refractivity contribution < 1.29 is 8.42 Å². The van der Waals surface area contributed by atoms with Gasteiger partial charge in [0.25, 0.3) is 0 Å². The lowest BCUT2D eigenvalue weighted by Crippen LogP contribution is -2.34. The maximum absolute atomic E-state index is 12.0. The first-order valence-corrected chi connectivity index (χ1v) is 9.38. The van der Waals surface area contributed by atoms with Gasteiger partial charge in [-0.05, 0) is 19.3 Å². The SMILES string of the molecule is CCCCCCCC(C#N)S(=O)(=O)NCCCCCC#N. The lowest BCUT2D eigenvalue weighted by molar-refractivity contribution is 0.554. The number of rotatable bonds is 13. The molecular weight excluding hydrogens is 286 g/mol. The van der Waals surface area contributed by atoms with E-state index in [0.29, 0.717) is 25.8 Å². The minimum Gasteiger partial charge on any atom is -0.214 e. The van der Waals surface area contributed by atoms with E-state index in [9.17, 15) is 8.42 Å². The van der Waals surface area contributed by atoms with Gasteiger partial charge in [-0.25, -0.2) is 13.1 Å². The maximum Gasteiger partial charge on any atom is 0.227 e. The molecule has 0 fully saturated rings. The van der Waals surface area contributed by atoms with Crippen LogP contribution in [0.5, 0.6) is 0 Å². The summed E-state index contributed by atoms with van der Waals surface area (Å²) in [5.74, 6) is 0. The highest BCUT2D eigenvalue weighted by atomic mass is 32.2. The summed E-state index contributed by atoms with van der Waals surface area (Å²) < 4.78 is 26.5. The zero-order valence-electron chi connectivity index (χ0n) is 13.0. The van der Waals surface area contributed by atoms with Crippen molar-refractivity contribution in [2.75, 3.05) is 6.54 Å². The number of nitriles is 2. The van der Waals surface area contributed by atoms with Crippen LogP contribution in [0, 0.1) is 22.7 Å². The van der Waals surface area contributed by atoms with Crippen LogP contribution in [0.4, 0.5) is 0 Å². The summed E-state index contributed by atoms with van der Waals surface area (Å²) in [5.41, 5.74) is 0. The van der Waals surface area contributed by atoms with Gasteiger partial charge in [-0.3, -0.25) is 0 Å². The molecule has 0 saturated carbocycles. The summed E-state index contributed by atoms with van der Waals surface area (Å²) >= 11 is 0. The minimum atomic E-state index is -3.53. The highest BCUT2D eigenvalue weighted by Crippen LogP contribution is 2.12. The molecule has 21 heavy (non-hydrogen) atoms. The van der Waals surface area contributed by atoms with E-state index in [0.717, 1.165) is 44.9 Å². The van der Waals surface area contributed by atoms with E-state index in [1.807, 2.05) is 6.07 Å². The van der Waals surface area contributed by atoms with E-state index in [1.54, 1.807) is 0 Å². The predicted octanol–water partition coefficient (Wildman–Crippen LogP) is 3.24. The van der Waals surface area contributed by atoms with Crippen LogP contribution >= 0.6 is 0 Å². The molecule has 0 aromatic rings. The van der Waals surface area contributed by atoms with Gasteiger partial charge in [0.05, 0.1) is 12.1 Å². The molecule has 0 heterocycles. The van der Waals surface area contributed by atoms with Gasteiger partial charge >= 0.3 is 0 Å². The Morgan fingerprint density at radius 2 is 1.67 bits per heavy atom. The van der Waals surface area contributed by atoms with Crippen LogP contribution in [0.2, 0.25) is 0 Å². The van der Waals surface area contributed by atoms with Crippen molar-refractivity contribution in [1.82, 2.24) is 4.72 Å². The number of sulfonamides is 1. The zero-order valence-corrected chi connectivity index (χ0v) is 13.8. The third-order valence-corrected chi connectivity index (χ3v) is 5.05. The fraction of sp³-hybridized carbons (Fsp3) is 0.867. The average molecular weight is 313 g/mol. The number of nitrogens with one attached hydrogen (secondary N) is 1. The Hall–Kier alpha value is -1.11. The van der Waals surface area contributed by atoms with E-state index >= 15 is 0 Å². The predicted molar refractivity (Wildman–Crippen MR) is 83.8 cm³/mol. The van der Waals surface area contributed by atoms with Crippen LogP contribution in [-0.2, 0) is 10.0 Å². The molecule has 0 aliphatic heterocycles. The fourth-order valence-electron chi connectivity index (χ4n) is 2.04. The highest BCUT2D eigenvalue weighted by molar-refractivity contribution is 7.90. The first-order chi connectivity index (χ1) is 10.1. The van der Waals surface area contributed by atoms with Crippen molar-refractivity contribution in [2.45, 2.75) is 76.4 Å². The Balaban J connectivity index is 3.96. The molecule has 120 valence electrons. The quantitative estimate of drug-likeness (QED) is 0.528.